The molecule has 0 aromatic rings. The van der Waals surface area contributed by atoms with E-state index in [-0.39, 0.29) is 11.8 Å². The van der Waals surface area contributed by atoms with Gasteiger partial charge in [0.25, 0.3) is 0 Å². The second kappa shape index (κ2) is 7.75. The van der Waals surface area contributed by atoms with Crippen molar-refractivity contribution in [3.8, 4) is 0 Å². The number of nitrogens with zero attached hydrogens (tertiary/aromatic N) is 1. The normalized spacial score (nSPS) is 24.1. The number of carbonyl (C=O) groups excluding carboxylic acids is 2. The van der Waals surface area contributed by atoms with Gasteiger partial charge in [0.15, 0.2) is 0 Å². The second-order valence-electron chi connectivity index (χ2n) is 6.13. The van der Waals surface area contributed by atoms with Crippen molar-refractivity contribution in [3.05, 3.63) is 0 Å². The van der Waals surface area contributed by atoms with Crippen molar-refractivity contribution >= 4 is 11.8 Å². The number of carbonyl (C=O) groups is 2. The van der Waals surface area contributed by atoms with Crippen LogP contribution in [0.3, 0.4) is 0 Å². The van der Waals surface area contributed by atoms with Crippen LogP contribution in [0.25, 0.3) is 0 Å². The highest BCUT2D eigenvalue weighted by atomic mass is 16.5. The number of amides is 2. The molecule has 2 aliphatic heterocycles. The maximum atomic E-state index is 12.6. The zero-order valence-corrected chi connectivity index (χ0v) is 13.0. The number of hydrogen-bond acceptors (Lipinski definition) is 4. The van der Waals surface area contributed by atoms with Crippen LogP contribution in [0, 0.1) is 5.92 Å². The van der Waals surface area contributed by atoms with Crippen molar-refractivity contribution < 1.29 is 19.1 Å². The molecule has 0 aliphatic carbocycles. The summed E-state index contributed by atoms with van der Waals surface area (Å²) in [5, 5.41) is 2.89. The molecule has 2 heterocycles. The fourth-order valence-corrected chi connectivity index (χ4v) is 2.75. The molecule has 1 N–H and O–H groups in total. The molecule has 6 nitrogen and oxygen atoms in total. The number of morpholine rings is 1. The van der Waals surface area contributed by atoms with E-state index in [2.05, 4.69) is 19.2 Å². The van der Waals surface area contributed by atoms with Crippen molar-refractivity contribution in [2.75, 3.05) is 32.9 Å². The third-order valence-electron chi connectivity index (χ3n) is 3.87. The van der Waals surface area contributed by atoms with Gasteiger partial charge in [-0.1, -0.05) is 13.8 Å². The predicted molar refractivity (Wildman–Crippen MR) is 77.8 cm³/mol. The third-order valence-corrected chi connectivity index (χ3v) is 3.87. The number of hydrogen-bond donors (Lipinski definition) is 1. The van der Waals surface area contributed by atoms with Gasteiger partial charge in [-0.3, -0.25) is 9.59 Å². The summed E-state index contributed by atoms with van der Waals surface area (Å²) in [6.07, 6.45) is 1.91. The lowest BCUT2D eigenvalue weighted by atomic mass is 10.0. The van der Waals surface area contributed by atoms with Gasteiger partial charge in [0.2, 0.25) is 11.8 Å². The molecule has 2 aliphatic rings. The van der Waals surface area contributed by atoms with Gasteiger partial charge in [-0.25, -0.2) is 0 Å². The lowest BCUT2D eigenvalue weighted by Gasteiger charge is -2.31. The Kier molecular flexibility index (Phi) is 5.99. The minimum atomic E-state index is -0.459. The number of nitrogens with one attached hydrogen (secondary N) is 1. The molecule has 2 rings (SSSR count). The standard InChI is InChI=1S/C15H26N2O4/c1-11(2)10-12(15(19)17-5-8-20-9-6-17)16-14(18)13-4-3-7-21-13/h11-13H,3-10H2,1-2H3,(H,16,18)/t12-,13?/m1/s1. The van der Waals surface area contributed by atoms with Crippen LogP contribution in [0.5, 0.6) is 0 Å². The molecule has 21 heavy (non-hydrogen) atoms. The first-order valence-electron chi connectivity index (χ1n) is 7.86. The Labute approximate surface area is 126 Å². The summed E-state index contributed by atoms with van der Waals surface area (Å²) in [5.41, 5.74) is 0. The van der Waals surface area contributed by atoms with Crippen LogP contribution < -0.4 is 5.32 Å². The summed E-state index contributed by atoms with van der Waals surface area (Å²) in [6, 6.07) is -0.459. The monoisotopic (exact) mass is 298 g/mol. The molecular formula is C15H26N2O4. The molecular weight excluding hydrogens is 272 g/mol. The zero-order chi connectivity index (χ0) is 15.2. The van der Waals surface area contributed by atoms with Crippen molar-refractivity contribution in [3.63, 3.8) is 0 Å². The maximum Gasteiger partial charge on any atom is 0.249 e. The minimum Gasteiger partial charge on any atom is -0.378 e. The molecule has 6 heteroatoms. The van der Waals surface area contributed by atoms with Gasteiger partial charge in [0.1, 0.15) is 12.1 Å². The largest absolute Gasteiger partial charge is 0.378 e. The minimum absolute atomic E-state index is 0.00153. The Morgan fingerprint density at radius 2 is 1.95 bits per heavy atom. The first-order chi connectivity index (χ1) is 10.1. The Morgan fingerprint density at radius 1 is 1.24 bits per heavy atom. The summed E-state index contributed by atoms with van der Waals surface area (Å²) in [4.78, 5) is 26.6. The summed E-state index contributed by atoms with van der Waals surface area (Å²) in [7, 11) is 0. The number of ether oxygens (including phenoxy) is 2. The zero-order valence-electron chi connectivity index (χ0n) is 13.0. The van der Waals surface area contributed by atoms with Crippen LogP contribution in [0.4, 0.5) is 0 Å². The predicted octanol–water partition coefficient (Wildman–Crippen LogP) is 0.555. The Morgan fingerprint density at radius 3 is 2.52 bits per heavy atom. The molecule has 2 saturated heterocycles. The van der Waals surface area contributed by atoms with Crippen molar-refractivity contribution in [1.29, 1.82) is 0 Å². The first-order valence-corrected chi connectivity index (χ1v) is 7.86. The summed E-state index contributed by atoms with van der Waals surface area (Å²) in [5.74, 6) is 0.183. The maximum absolute atomic E-state index is 12.6. The van der Waals surface area contributed by atoms with E-state index in [0.717, 1.165) is 12.8 Å². The van der Waals surface area contributed by atoms with E-state index in [1.807, 2.05) is 0 Å². The average molecular weight is 298 g/mol. The second-order valence-corrected chi connectivity index (χ2v) is 6.13. The van der Waals surface area contributed by atoms with Gasteiger partial charge >= 0.3 is 0 Å². The van der Waals surface area contributed by atoms with Gasteiger partial charge in [0.05, 0.1) is 13.2 Å². The third kappa shape index (κ3) is 4.68. The van der Waals surface area contributed by atoms with Crippen molar-refractivity contribution in [2.45, 2.75) is 45.3 Å². The lowest BCUT2D eigenvalue weighted by molar-refractivity contribution is -0.142. The molecule has 2 amide bonds. The Hall–Kier alpha value is -1.14. The lowest BCUT2D eigenvalue weighted by Crippen LogP contribution is -2.53. The van der Waals surface area contributed by atoms with Crippen molar-refractivity contribution in [2.24, 2.45) is 5.92 Å². The van der Waals surface area contributed by atoms with E-state index in [9.17, 15) is 9.59 Å². The molecule has 0 spiro atoms. The molecule has 0 bridgehead atoms. The topological polar surface area (TPSA) is 67.9 Å². The van der Waals surface area contributed by atoms with E-state index < -0.39 is 12.1 Å². The van der Waals surface area contributed by atoms with Crippen LogP contribution in [0.1, 0.15) is 33.1 Å². The van der Waals surface area contributed by atoms with Gasteiger partial charge in [0, 0.05) is 19.7 Å². The van der Waals surface area contributed by atoms with E-state index in [4.69, 9.17) is 9.47 Å². The molecule has 120 valence electrons. The highest BCUT2D eigenvalue weighted by Gasteiger charge is 2.31. The SMILES string of the molecule is CC(C)C[C@@H](NC(=O)C1CCCO1)C(=O)N1CCOCC1. The molecule has 1 unspecified atom stereocenters. The fourth-order valence-electron chi connectivity index (χ4n) is 2.75. The van der Waals surface area contributed by atoms with Crippen molar-refractivity contribution in [1.82, 2.24) is 10.2 Å². The van der Waals surface area contributed by atoms with E-state index in [0.29, 0.717) is 45.2 Å². The van der Waals surface area contributed by atoms with Gasteiger partial charge in [-0.2, -0.15) is 0 Å². The Balaban J connectivity index is 1.95. The quantitative estimate of drug-likeness (QED) is 0.805. The summed E-state index contributed by atoms with van der Waals surface area (Å²) >= 11 is 0. The van der Waals surface area contributed by atoms with Gasteiger partial charge in [-0.05, 0) is 25.2 Å². The van der Waals surface area contributed by atoms with Crippen LogP contribution in [0.15, 0.2) is 0 Å². The van der Waals surface area contributed by atoms with Gasteiger partial charge in [-0.15, -0.1) is 0 Å². The molecule has 0 aromatic heterocycles. The Bertz CT molecular complexity index is 361. The molecule has 0 radical (unpaired) electrons. The van der Waals surface area contributed by atoms with E-state index in [1.54, 1.807) is 4.90 Å². The van der Waals surface area contributed by atoms with E-state index >= 15 is 0 Å². The first kappa shape index (κ1) is 16.2. The smallest absolute Gasteiger partial charge is 0.249 e. The molecule has 0 saturated carbocycles. The van der Waals surface area contributed by atoms with E-state index in [1.165, 1.54) is 0 Å². The molecule has 0 aromatic carbocycles. The van der Waals surface area contributed by atoms with Crippen LogP contribution in [0.2, 0.25) is 0 Å². The van der Waals surface area contributed by atoms with Crippen LogP contribution >= 0.6 is 0 Å². The van der Waals surface area contributed by atoms with Crippen LogP contribution in [-0.2, 0) is 19.1 Å². The summed E-state index contributed by atoms with van der Waals surface area (Å²) in [6.45, 7) is 7.08. The van der Waals surface area contributed by atoms with Gasteiger partial charge < -0.3 is 19.7 Å². The molecule has 2 atom stereocenters. The molecule has 2 fully saturated rings. The number of rotatable bonds is 5. The fraction of sp³-hybridized carbons (Fsp3) is 0.867. The van der Waals surface area contributed by atoms with Crippen LogP contribution in [-0.4, -0.2) is 61.8 Å². The highest BCUT2D eigenvalue weighted by molar-refractivity contribution is 5.89. The highest BCUT2D eigenvalue weighted by Crippen LogP contribution is 2.14. The average Bonchev–Trinajstić information content (AvgIpc) is 3.00. The summed E-state index contributed by atoms with van der Waals surface area (Å²) < 4.78 is 10.7.